The van der Waals surface area contributed by atoms with Crippen molar-refractivity contribution in [2.45, 2.75) is 6.92 Å². The number of amides is 2. The third kappa shape index (κ3) is 5.32. The van der Waals surface area contributed by atoms with Crippen LogP contribution in [-0.4, -0.2) is 16.8 Å². The van der Waals surface area contributed by atoms with Crippen LogP contribution in [0.3, 0.4) is 0 Å². The standard InChI is InChI=1S/C20H16FN3O2S/c1-13(25)22-17-8-6-15(7-9-17)18-12-27-20(23-18)24-19(26)10-5-14-3-2-4-16(21)11-14/h2-12H,1H3,(H,22,25)(H,23,24,26). The van der Waals surface area contributed by atoms with Crippen LogP contribution in [0.5, 0.6) is 0 Å². The Morgan fingerprint density at radius 3 is 2.59 bits per heavy atom. The van der Waals surface area contributed by atoms with Crippen molar-refractivity contribution in [2.75, 3.05) is 10.6 Å². The second-order valence-corrected chi connectivity index (χ2v) is 6.53. The van der Waals surface area contributed by atoms with E-state index in [4.69, 9.17) is 0 Å². The van der Waals surface area contributed by atoms with E-state index in [-0.39, 0.29) is 17.6 Å². The molecule has 0 bridgehead atoms. The number of benzene rings is 2. The summed E-state index contributed by atoms with van der Waals surface area (Å²) in [6.07, 6.45) is 2.87. The molecule has 2 aromatic carbocycles. The first kappa shape index (κ1) is 18.5. The minimum Gasteiger partial charge on any atom is -0.326 e. The molecular formula is C20H16FN3O2S. The van der Waals surface area contributed by atoms with Gasteiger partial charge in [0.15, 0.2) is 5.13 Å². The molecule has 0 aliphatic carbocycles. The van der Waals surface area contributed by atoms with Gasteiger partial charge in [0.25, 0.3) is 0 Å². The molecule has 0 unspecified atom stereocenters. The predicted octanol–water partition coefficient (Wildman–Crippen LogP) is 4.56. The van der Waals surface area contributed by atoms with Crippen LogP contribution in [-0.2, 0) is 9.59 Å². The van der Waals surface area contributed by atoms with Gasteiger partial charge in [0.05, 0.1) is 5.69 Å². The average molecular weight is 381 g/mol. The minimum atomic E-state index is -0.355. The average Bonchev–Trinajstić information content (AvgIpc) is 3.08. The summed E-state index contributed by atoms with van der Waals surface area (Å²) >= 11 is 1.30. The summed E-state index contributed by atoms with van der Waals surface area (Å²) in [6, 6.07) is 13.2. The summed E-state index contributed by atoms with van der Waals surface area (Å²) in [6.45, 7) is 1.45. The Morgan fingerprint density at radius 2 is 1.89 bits per heavy atom. The molecule has 136 valence electrons. The monoisotopic (exact) mass is 381 g/mol. The van der Waals surface area contributed by atoms with E-state index < -0.39 is 0 Å². The van der Waals surface area contributed by atoms with Crippen molar-refractivity contribution in [3.8, 4) is 11.3 Å². The molecule has 0 saturated heterocycles. The first-order valence-electron chi connectivity index (χ1n) is 8.08. The lowest BCUT2D eigenvalue weighted by atomic mass is 10.1. The first-order chi connectivity index (χ1) is 13.0. The maximum absolute atomic E-state index is 13.1. The van der Waals surface area contributed by atoms with Gasteiger partial charge in [-0.15, -0.1) is 11.3 Å². The number of carbonyl (C=O) groups is 2. The largest absolute Gasteiger partial charge is 0.326 e. The zero-order chi connectivity index (χ0) is 19.2. The van der Waals surface area contributed by atoms with Gasteiger partial charge < -0.3 is 5.32 Å². The number of anilines is 2. The number of nitrogens with zero attached hydrogens (tertiary/aromatic N) is 1. The van der Waals surface area contributed by atoms with Crippen LogP contribution in [0.25, 0.3) is 17.3 Å². The number of rotatable bonds is 5. The molecule has 3 aromatic rings. The lowest BCUT2D eigenvalue weighted by Gasteiger charge is -2.02. The first-order valence-corrected chi connectivity index (χ1v) is 8.96. The topological polar surface area (TPSA) is 71.1 Å². The molecule has 0 fully saturated rings. The Morgan fingerprint density at radius 1 is 1.11 bits per heavy atom. The smallest absolute Gasteiger partial charge is 0.250 e. The van der Waals surface area contributed by atoms with E-state index in [0.29, 0.717) is 16.4 Å². The highest BCUT2D eigenvalue weighted by Gasteiger charge is 2.07. The molecule has 27 heavy (non-hydrogen) atoms. The fourth-order valence-electron chi connectivity index (χ4n) is 2.32. The number of thiazole rings is 1. The van der Waals surface area contributed by atoms with Crippen molar-refractivity contribution in [3.05, 3.63) is 71.4 Å². The molecule has 0 aliphatic rings. The molecular weight excluding hydrogens is 365 g/mol. The van der Waals surface area contributed by atoms with Gasteiger partial charge in [-0.2, -0.15) is 0 Å². The molecule has 3 rings (SSSR count). The fraction of sp³-hybridized carbons (Fsp3) is 0.0500. The van der Waals surface area contributed by atoms with Crippen molar-refractivity contribution in [3.63, 3.8) is 0 Å². The number of halogens is 1. The third-order valence-electron chi connectivity index (χ3n) is 3.51. The van der Waals surface area contributed by atoms with Crippen LogP contribution in [0.2, 0.25) is 0 Å². The van der Waals surface area contributed by atoms with Crippen molar-refractivity contribution < 1.29 is 14.0 Å². The van der Waals surface area contributed by atoms with Gasteiger partial charge in [-0.1, -0.05) is 24.3 Å². The van der Waals surface area contributed by atoms with Crippen LogP contribution >= 0.6 is 11.3 Å². The van der Waals surface area contributed by atoms with E-state index in [1.807, 2.05) is 17.5 Å². The van der Waals surface area contributed by atoms with Crippen molar-refractivity contribution >= 4 is 40.0 Å². The zero-order valence-corrected chi connectivity index (χ0v) is 15.2. The number of hydrogen-bond acceptors (Lipinski definition) is 4. The summed E-state index contributed by atoms with van der Waals surface area (Å²) in [7, 11) is 0. The van der Waals surface area contributed by atoms with Crippen LogP contribution < -0.4 is 10.6 Å². The number of hydrogen-bond donors (Lipinski definition) is 2. The highest BCUT2D eigenvalue weighted by molar-refractivity contribution is 7.14. The van der Waals surface area contributed by atoms with Crippen LogP contribution in [0.15, 0.2) is 60.0 Å². The Hall–Kier alpha value is -3.32. The lowest BCUT2D eigenvalue weighted by molar-refractivity contribution is -0.114. The maximum Gasteiger partial charge on any atom is 0.250 e. The molecule has 7 heteroatoms. The fourth-order valence-corrected chi connectivity index (χ4v) is 3.04. The Labute approximate surface area is 159 Å². The normalized spacial score (nSPS) is 10.7. The van der Waals surface area contributed by atoms with Crippen molar-refractivity contribution in [2.24, 2.45) is 0 Å². The van der Waals surface area contributed by atoms with Gasteiger partial charge in [0.1, 0.15) is 5.82 Å². The van der Waals surface area contributed by atoms with E-state index in [0.717, 1.165) is 11.3 Å². The second-order valence-electron chi connectivity index (χ2n) is 5.67. The molecule has 0 aliphatic heterocycles. The van der Waals surface area contributed by atoms with Gasteiger partial charge >= 0.3 is 0 Å². The molecule has 0 atom stereocenters. The van der Waals surface area contributed by atoms with Gasteiger partial charge in [0.2, 0.25) is 11.8 Å². The number of carbonyl (C=O) groups excluding carboxylic acids is 2. The molecule has 0 radical (unpaired) electrons. The molecule has 0 spiro atoms. The summed E-state index contributed by atoms with van der Waals surface area (Å²) in [4.78, 5) is 27.4. The van der Waals surface area contributed by atoms with E-state index in [2.05, 4.69) is 15.6 Å². The third-order valence-corrected chi connectivity index (χ3v) is 4.27. The number of aromatic nitrogens is 1. The number of nitrogens with one attached hydrogen (secondary N) is 2. The highest BCUT2D eigenvalue weighted by Crippen LogP contribution is 2.26. The Balaban J connectivity index is 1.63. The quantitative estimate of drug-likeness (QED) is 0.637. The SMILES string of the molecule is CC(=O)Nc1ccc(-c2csc(NC(=O)C=Cc3cccc(F)c3)n2)cc1. The summed E-state index contributed by atoms with van der Waals surface area (Å²) in [5.74, 6) is -0.833. The van der Waals surface area contributed by atoms with E-state index in [9.17, 15) is 14.0 Å². The lowest BCUT2D eigenvalue weighted by Crippen LogP contribution is -2.07. The predicted molar refractivity (Wildman–Crippen MR) is 106 cm³/mol. The molecule has 2 amide bonds. The minimum absolute atomic E-state index is 0.132. The molecule has 1 aromatic heterocycles. The summed E-state index contributed by atoms with van der Waals surface area (Å²) in [5.41, 5.74) is 2.90. The summed E-state index contributed by atoms with van der Waals surface area (Å²) in [5, 5.41) is 7.68. The van der Waals surface area contributed by atoms with Gasteiger partial charge in [-0.3, -0.25) is 14.9 Å². The van der Waals surface area contributed by atoms with E-state index in [1.165, 1.54) is 42.5 Å². The van der Waals surface area contributed by atoms with Crippen molar-refractivity contribution in [1.82, 2.24) is 4.98 Å². The van der Waals surface area contributed by atoms with E-state index >= 15 is 0 Å². The second kappa shape index (κ2) is 8.37. The maximum atomic E-state index is 13.1. The zero-order valence-electron chi connectivity index (χ0n) is 14.4. The van der Waals surface area contributed by atoms with Gasteiger partial charge in [0, 0.05) is 29.6 Å². The van der Waals surface area contributed by atoms with Gasteiger partial charge in [-0.05, 0) is 35.9 Å². The Bertz CT molecular complexity index is 996. The van der Waals surface area contributed by atoms with Crippen LogP contribution in [0.4, 0.5) is 15.2 Å². The Kier molecular flexibility index (Phi) is 5.73. The molecule has 1 heterocycles. The van der Waals surface area contributed by atoms with Gasteiger partial charge in [-0.25, -0.2) is 9.37 Å². The molecule has 5 nitrogen and oxygen atoms in total. The van der Waals surface area contributed by atoms with Crippen molar-refractivity contribution in [1.29, 1.82) is 0 Å². The van der Waals surface area contributed by atoms with E-state index in [1.54, 1.807) is 24.3 Å². The van der Waals surface area contributed by atoms with Crippen LogP contribution in [0, 0.1) is 5.82 Å². The summed E-state index contributed by atoms with van der Waals surface area (Å²) < 4.78 is 13.1. The molecule has 0 saturated carbocycles. The van der Waals surface area contributed by atoms with Crippen LogP contribution in [0.1, 0.15) is 12.5 Å². The molecule has 2 N–H and O–H groups in total. The highest BCUT2D eigenvalue weighted by atomic mass is 32.1.